The van der Waals surface area contributed by atoms with Gasteiger partial charge in [-0.2, -0.15) is 0 Å². The largest absolute Gasteiger partial charge is 0.493 e. The van der Waals surface area contributed by atoms with Gasteiger partial charge in [0.15, 0.2) is 17.8 Å². The highest BCUT2D eigenvalue weighted by Gasteiger charge is 2.46. The minimum absolute atomic E-state index is 0.0738. The van der Waals surface area contributed by atoms with Crippen LogP contribution in [0.15, 0.2) is 35.9 Å². The first-order valence-corrected chi connectivity index (χ1v) is 12.3. The van der Waals surface area contributed by atoms with Crippen LogP contribution in [0.4, 0.5) is 0 Å². The molecule has 11 nitrogen and oxygen atoms in total. The van der Waals surface area contributed by atoms with Gasteiger partial charge in [0.25, 0.3) is 0 Å². The second-order valence-corrected chi connectivity index (χ2v) is 9.40. The van der Waals surface area contributed by atoms with Crippen molar-refractivity contribution in [2.75, 3.05) is 34.0 Å². The van der Waals surface area contributed by atoms with E-state index in [4.69, 9.17) is 23.7 Å². The third-order valence-electron chi connectivity index (χ3n) is 7.09. The standard InChI is InChI=1S/C26H36O11/c1-33-18-10-14(5-6-17(18)35-26-23(32)22(31)21(30)20(12-29)36-26)24-16(11-28)15-8-13(4-3-7-27)9-19(34-2)25(15)37-24/h5-6,8-10,16-18,20-24,26-32H,3-4,7,11-12H2,1-2H3. The van der Waals surface area contributed by atoms with E-state index in [1.165, 1.54) is 7.11 Å². The molecule has 1 aromatic rings. The molecule has 9 unspecified atom stereocenters. The summed E-state index contributed by atoms with van der Waals surface area (Å²) in [6, 6.07) is 3.85. The highest BCUT2D eigenvalue weighted by atomic mass is 16.7. The normalized spacial score (nSPS) is 35.1. The van der Waals surface area contributed by atoms with Crippen molar-refractivity contribution in [2.24, 2.45) is 0 Å². The highest BCUT2D eigenvalue weighted by Crippen LogP contribution is 2.47. The van der Waals surface area contributed by atoms with Gasteiger partial charge in [0.1, 0.15) is 42.7 Å². The molecule has 0 bridgehead atoms. The fourth-order valence-corrected chi connectivity index (χ4v) is 5.04. The number of fused-ring (bicyclic) bond motifs is 1. The molecule has 3 aliphatic rings. The van der Waals surface area contributed by atoms with E-state index in [1.807, 2.05) is 12.1 Å². The Bertz CT molecular complexity index is 978. The number of hydrogen-bond donors (Lipinski definition) is 6. The van der Waals surface area contributed by atoms with Gasteiger partial charge >= 0.3 is 0 Å². The van der Waals surface area contributed by atoms with Gasteiger partial charge in [-0.15, -0.1) is 0 Å². The molecular formula is C26H36O11. The molecule has 0 radical (unpaired) electrons. The summed E-state index contributed by atoms with van der Waals surface area (Å²) < 4.78 is 28.8. The number of methoxy groups -OCH3 is 2. The number of hydrogen-bond acceptors (Lipinski definition) is 11. The summed E-state index contributed by atoms with van der Waals surface area (Å²) in [7, 11) is 3.05. The predicted molar refractivity (Wildman–Crippen MR) is 129 cm³/mol. The van der Waals surface area contributed by atoms with Crippen molar-refractivity contribution in [3.63, 3.8) is 0 Å². The van der Waals surface area contributed by atoms with Crippen molar-refractivity contribution in [3.05, 3.63) is 47.1 Å². The maximum atomic E-state index is 10.3. The Kier molecular flexibility index (Phi) is 9.22. The van der Waals surface area contributed by atoms with Gasteiger partial charge in [-0.25, -0.2) is 0 Å². The topological polar surface area (TPSA) is 168 Å². The van der Waals surface area contributed by atoms with Gasteiger partial charge in [0.2, 0.25) is 0 Å². The van der Waals surface area contributed by atoms with Gasteiger partial charge in [-0.05, 0) is 36.1 Å². The Hall–Kier alpha value is -2.06. The number of aryl methyl sites for hydroxylation is 1. The third-order valence-corrected chi connectivity index (χ3v) is 7.09. The molecule has 1 fully saturated rings. The Morgan fingerprint density at radius 3 is 2.38 bits per heavy atom. The Labute approximate surface area is 215 Å². The molecule has 1 aromatic carbocycles. The van der Waals surface area contributed by atoms with Crippen LogP contribution in [0.25, 0.3) is 0 Å². The number of aliphatic hydroxyl groups is 6. The van der Waals surface area contributed by atoms with Crippen molar-refractivity contribution >= 4 is 0 Å². The third kappa shape index (κ3) is 5.56. The van der Waals surface area contributed by atoms with Crippen molar-refractivity contribution in [2.45, 2.75) is 67.8 Å². The summed E-state index contributed by atoms with van der Waals surface area (Å²) in [6.07, 6.45) is -2.28. The molecule has 2 heterocycles. The fourth-order valence-electron chi connectivity index (χ4n) is 5.04. The number of aliphatic hydroxyl groups excluding tert-OH is 6. The van der Waals surface area contributed by atoms with E-state index in [-0.39, 0.29) is 19.1 Å². The summed E-state index contributed by atoms with van der Waals surface area (Å²) >= 11 is 0. The summed E-state index contributed by atoms with van der Waals surface area (Å²) in [5.74, 6) is 0.746. The molecule has 0 amide bonds. The zero-order valence-corrected chi connectivity index (χ0v) is 20.8. The second kappa shape index (κ2) is 12.2. The molecule has 1 aliphatic carbocycles. The molecule has 11 heteroatoms. The molecule has 9 atom stereocenters. The van der Waals surface area contributed by atoms with E-state index in [2.05, 4.69) is 0 Å². The smallest absolute Gasteiger partial charge is 0.187 e. The first-order chi connectivity index (χ1) is 17.9. The van der Waals surface area contributed by atoms with Gasteiger partial charge in [-0.1, -0.05) is 18.2 Å². The quantitative estimate of drug-likeness (QED) is 0.226. The average Bonchev–Trinajstić information content (AvgIpc) is 3.30. The first-order valence-electron chi connectivity index (χ1n) is 12.3. The lowest BCUT2D eigenvalue weighted by atomic mass is 9.87. The maximum absolute atomic E-state index is 10.3. The molecule has 206 valence electrons. The Morgan fingerprint density at radius 2 is 1.73 bits per heavy atom. The molecule has 0 spiro atoms. The van der Waals surface area contributed by atoms with E-state index in [0.717, 1.165) is 16.7 Å². The highest BCUT2D eigenvalue weighted by molar-refractivity contribution is 5.56. The van der Waals surface area contributed by atoms with Crippen LogP contribution in [0.3, 0.4) is 0 Å². The lowest BCUT2D eigenvalue weighted by molar-refractivity contribution is -0.311. The van der Waals surface area contributed by atoms with Gasteiger partial charge in [0, 0.05) is 19.3 Å². The van der Waals surface area contributed by atoms with Gasteiger partial charge in [-0.3, -0.25) is 0 Å². The fraction of sp³-hybridized carbons (Fsp3) is 0.615. The van der Waals surface area contributed by atoms with Crippen LogP contribution in [-0.2, 0) is 20.6 Å². The number of rotatable bonds is 10. The molecule has 6 N–H and O–H groups in total. The molecule has 4 rings (SSSR count). The SMILES string of the molecule is COc1cc(CCCO)cc2c1OC(C1=CC(OC)C(OC3OC(CO)C(O)C(O)C3O)C=C1)C2CO. The summed E-state index contributed by atoms with van der Waals surface area (Å²) in [5, 5.41) is 59.3. The molecule has 0 aromatic heterocycles. The summed E-state index contributed by atoms with van der Waals surface area (Å²) in [5.41, 5.74) is 2.54. The lowest BCUT2D eigenvalue weighted by Crippen LogP contribution is -2.60. The Balaban J connectivity index is 1.53. The monoisotopic (exact) mass is 524 g/mol. The maximum Gasteiger partial charge on any atom is 0.187 e. The zero-order valence-electron chi connectivity index (χ0n) is 20.8. The van der Waals surface area contributed by atoms with E-state index in [9.17, 15) is 30.6 Å². The van der Waals surface area contributed by atoms with E-state index in [1.54, 1.807) is 25.3 Å². The summed E-state index contributed by atoms with van der Waals surface area (Å²) in [6.45, 7) is -0.654. The van der Waals surface area contributed by atoms with Crippen molar-refractivity contribution in [1.82, 2.24) is 0 Å². The van der Waals surface area contributed by atoms with E-state index < -0.39 is 55.6 Å². The molecular weight excluding hydrogens is 488 g/mol. The summed E-state index contributed by atoms with van der Waals surface area (Å²) in [4.78, 5) is 0. The van der Waals surface area contributed by atoms with Gasteiger partial charge in [0.05, 0.1) is 26.2 Å². The Morgan fingerprint density at radius 1 is 0.946 bits per heavy atom. The van der Waals surface area contributed by atoms with Crippen molar-refractivity contribution in [1.29, 1.82) is 0 Å². The van der Waals surface area contributed by atoms with E-state index in [0.29, 0.717) is 24.3 Å². The first kappa shape index (κ1) is 28.0. The van der Waals surface area contributed by atoms with E-state index >= 15 is 0 Å². The molecule has 0 saturated carbocycles. The lowest BCUT2D eigenvalue weighted by Gasteiger charge is -2.41. The van der Waals surface area contributed by atoms with Crippen LogP contribution in [0, 0.1) is 0 Å². The van der Waals surface area contributed by atoms with Crippen LogP contribution in [0.1, 0.15) is 23.5 Å². The number of ether oxygens (including phenoxy) is 5. The van der Waals surface area contributed by atoms with Crippen LogP contribution in [0.2, 0.25) is 0 Å². The van der Waals surface area contributed by atoms with Crippen LogP contribution >= 0.6 is 0 Å². The minimum Gasteiger partial charge on any atom is -0.493 e. The second-order valence-electron chi connectivity index (χ2n) is 9.40. The van der Waals surface area contributed by atoms with Crippen LogP contribution < -0.4 is 9.47 Å². The molecule has 37 heavy (non-hydrogen) atoms. The van der Waals surface area contributed by atoms with Crippen LogP contribution in [0.5, 0.6) is 11.5 Å². The minimum atomic E-state index is -1.55. The van der Waals surface area contributed by atoms with Crippen LogP contribution in [-0.4, -0.2) is 114 Å². The molecule has 1 saturated heterocycles. The predicted octanol–water partition coefficient (Wildman–Crippen LogP) is -0.847. The van der Waals surface area contributed by atoms with Crippen molar-refractivity contribution in [3.8, 4) is 11.5 Å². The zero-order chi connectivity index (χ0) is 26.7. The average molecular weight is 525 g/mol. The number of benzene rings is 1. The molecule has 2 aliphatic heterocycles. The van der Waals surface area contributed by atoms with Gasteiger partial charge < -0.3 is 54.3 Å². The van der Waals surface area contributed by atoms with Crippen molar-refractivity contribution < 1.29 is 54.3 Å².